The lowest BCUT2D eigenvalue weighted by Crippen LogP contribution is -2.45. The van der Waals surface area contributed by atoms with Crippen LogP contribution in [0.3, 0.4) is 0 Å². The average molecular weight is 378 g/mol. The Hall–Kier alpha value is -2.82. The Labute approximate surface area is 166 Å². The van der Waals surface area contributed by atoms with E-state index in [-0.39, 0.29) is 17.7 Å². The first-order valence-corrected chi connectivity index (χ1v) is 9.87. The predicted molar refractivity (Wildman–Crippen MR) is 109 cm³/mol. The summed E-state index contributed by atoms with van der Waals surface area (Å²) in [6.07, 6.45) is 4.18. The van der Waals surface area contributed by atoms with E-state index in [1.165, 1.54) is 0 Å². The first-order chi connectivity index (χ1) is 13.7. The van der Waals surface area contributed by atoms with Crippen LogP contribution in [-0.2, 0) is 11.3 Å². The fraction of sp³-hybridized carbons (Fsp3) is 0.391. The highest BCUT2D eigenvalue weighted by molar-refractivity contribution is 6.07. The summed E-state index contributed by atoms with van der Waals surface area (Å²) in [6.45, 7) is 0.500. The summed E-state index contributed by atoms with van der Waals surface area (Å²) < 4.78 is 10.9. The molecule has 4 rings (SSSR count). The molecule has 28 heavy (non-hydrogen) atoms. The van der Waals surface area contributed by atoms with Gasteiger partial charge < -0.3 is 9.47 Å². The van der Waals surface area contributed by atoms with Gasteiger partial charge >= 0.3 is 0 Å². The average Bonchev–Trinajstić information content (AvgIpc) is 2.76. The summed E-state index contributed by atoms with van der Waals surface area (Å²) in [5.74, 6) is 1.71. The van der Waals surface area contributed by atoms with E-state index in [0.717, 1.165) is 42.5 Å². The van der Waals surface area contributed by atoms with Crippen LogP contribution in [0.1, 0.15) is 36.8 Å². The maximum atomic E-state index is 13.1. The number of hydrogen-bond donors (Lipinski definition) is 0. The van der Waals surface area contributed by atoms with Crippen molar-refractivity contribution in [2.45, 2.75) is 32.2 Å². The Kier molecular flexibility index (Phi) is 5.33. The number of carbonyl (C=O) groups is 1. The second-order valence-electron chi connectivity index (χ2n) is 7.43. The molecule has 2 aliphatic rings. The third-order valence-corrected chi connectivity index (χ3v) is 5.77. The molecule has 0 radical (unpaired) electrons. The second kappa shape index (κ2) is 8.05. The molecule has 1 saturated carbocycles. The van der Waals surface area contributed by atoms with Gasteiger partial charge in [0.05, 0.1) is 26.5 Å². The van der Waals surface area contributed by atoms with Gasteiger partial charge in [0.1, 0.15) is 0 Å². The number of amides is 1. The van der Waals surface area contributed by atoms with Crippen LogP contribution in [0, 0.1) is 11.8 Å². The molecule has 1 heterocycles. The van der Waals surface area contributed by atoms with Crippen LogP contribution in [0.25, 0.3) is 0 Å². The number of benzene rings is 2. The molecule has 1 amide bonds. The number of hydrazone groups is 1. The normalized spacial score (nSPS) is 21.7. The molecule has 2 aromatic rings. The largest absolute Gasteiger partial charge is 0.493 e. The Morgan fingerprint density at radius 3 is 2.39 bits per heavy atom. The molecule has 0 spiro atoms. The molecule has 1 fully saturated rings. The van der Waals surface area contributed by atoms with Gasteiger partial charge in [-0.1, -0.05) is 43.2 Å². The van der Waals surface area contributed by atoms with Crippen molar-refractivity contribution in [2.24, 2.45) is 16.9 Å². The van der Waals surface area contributed by atoms with E-state index < -0.39 is 0 Å². The smallest absolute Gasteiger partial charge is 0.246 e. The first kappa shape index (κ1) is 18.5. The van der Waals surface area contributed by atoms with Gasteiger partial charge in [0.25, 0.3) is 0 Å². The minimum atomic E-state index is 0.0121. The van der Waals surface area contributed by atoms with E-state index >= 15 is 0 Å². The minimum absolute atomic E-state index is 0.0121. The van der Waals surface area contributed by atoms with Crippen LogP contribution in [0.4, 0.5) is 0 Å². The van der Waals surface area contributed by atoms with Crippen molar-refractivity contribution in [3.63, 3.8) is 0 Å². The molecule has 0 unspecified atom stereocenters. The number of hydrogen-bond acceptors (Lipinski definition) is 4. The third-order valence-electron chi connectivity index (χ3n) is 5.77. The van der Waals surface area contributed by atoms with Gasteiger partial charge in [0.15, 0.2) is 11.5 Å². The number of ether oxygens (including phenoxy) is 2. The van der Waals surface area contributed by atoms with Crippen molar-refractivity contribution in [2.75, 3.05) is 14.2 Å². The molecule has 2 aromatic carbocycles. The van der Waals surface area contributed by atoms with Crippen molar-refractivity contribution in [1.29, 1.82) is 0 Å². The van der Waals surface area contributed by atoms with Gasteiger partial charge in [0.2, 0.25) is 5.91 Å². The maximum Gasteiger partial charge on any atom is 0.246 e. The molecule has 2 atom stereocenters. The highest BCUT2D eigenvalue weighted by atomic mass is 16.5. The molecule has 0 aromatic heterocycles. The summed E-state index contributed by atoms with van der Waals surface area (Å²) in [5, 5.41) is 6.51. The molecule has 0 N–H and O–H groups in total. The van der Waals surface area contributed by atoms with Gasteiger partial charge in [-0.15, -0.1) is 0 Å². The van der Waals surface area contributed by atoms with E-state index in [4.69, 9.17) is 14.6 Å². The lowest BCUT2D eigenvalue weighted by Gasteiger charge is -2.38. The molecule has 0 bridgehead atoms. The molecule has 1 aliphatic heterocycles. The Balaban J connectivity index is 1.73. The van der Waals surface area contributed by atoms with Gasteiger partial charge in [-0.3, -0.25) is 4.79 Å². The number of nitrogens with zero attached hydrogens (tertiary/aromatic N) is 2. The fourth-order valence-electron chi connectivity index (χ4n) is 4.34. The molecule has 0 saturated heterocycles. The standard InChI is InChI=1S/C23H26N2O3/c1-27-20-13-12-17(14-21(20)28-2)22-18-10-6-7-11-19(18)23(26)25(24-22)15-16-8-4-3-5-9-16/h3-5,8-9,12-14,18-19H,6-7,10-11,15H2,1-2H3/t18-,19-/m0/s1. The van der Waals surface area contributed by atoms with Gasteiger partial charge in [0, 0.05) is 17.4 Å². The van der Waals surface area contributed by atoms with E-state index in [1.807, 2.05) is 48.5 Å². The molecule has 146 valence electrons. The SMILES string of the molecule is COc1ccc(C2=NN(Cc3ccccc3)C(=O)[C@H]3CCCC[C@H]23)cc1OC. The summed E-state index contributed by atoms with van der Waals surface area (Å²) in [5.41, 5.74) is 3.07. The van der Waals surface area contributed by atoms with Crippen molar-refractivity contribution in [3.05, 3.63) is 59.7 Å². The molecule has 5 nitrogen and oxygen atoms in total. The van der Waals surface area contributed by atoms with Crippen molar-refractivity contribution >= 4 is 11.6 Å². The molecule has 5 heteroatoms. The van der Waals surface area contributed by atoms with E-state index in [1.54, 1.807) is 19.2 Å². The van der Waals surface area contributed by atoms with Crippen molar-refractivity contribution in [3.8, 4) is 11.5 Å². The minimum Gasteiger partial charge on any atom is -0.493 e. The molecular formula is C23H26N2O3. The van der Waals surface area contributed by atoms with E-state index in [0.29, 0.717) is 18.0 Å². The first-order valence-electron chi connectivity index (χ1n) is 9.87. The predicted octanol–water partition coefficient (Wildman–Crippen LogP) is 4.26. The number of fused-ring (bicyclic) bond motifs is 1. The molecular weight excluding hydrogens is 352 g/mol. The zero-order valence-electron chi connectivity index (χ0n) is 16.4. The monoisotopic (exact) mass is 378 g/mol. The zero-order chi connectivity index (χ0) is 19.5. The third kappa shape index (κ3) is 3.49. The molecule has 1 aliphatic carbocycles. The maximum absolute atomic E-state index is 13.1. The number of rotatable bonds is 5. The van der Waals surface area contributed by atoms with E-state index in [2.05, 4.69) is 0 Å². The Morgan fingerprint density at radius 2 is 1.68 bits per heavy atom. The van der Waals surface area contributed by atoms with Gasteiger partial charge in [-0.05, 0) is 36.6 Å². The van der Waals surface area contributed by atoms with Crippen molar-refractivity contribution in [1.82, 2.24) is 5.01 Å². The van der Waals surface area contributed by atoms with Crippen LogP contribution >= 0.6 is 0 Å². The van der Waals surface area contributed by atoms with Gasteiger partial charge in [-0.25, -0.2) is 5.01 Å². The van der Waals surface area contributed by atoms with Crippen LogP contribution < -0.4 is 9.47 Å². The lowest BCUT2D eigenvalue weighted by molar-refractivity contribution is -0.139. The topological polar surface area (TPSA) is 51.1 Å². The number of carbonyl (C=O) groups excluding carboxylic acids is 1. The summed E-state index contributed by atoms with van der Waals surface area (Å²) >= 11 is 0. The van der Waals surface area contributed by atoms with Crippen LogP contribution in [0.2, 0.25) is 0 Å². The van der Waals surface area contributed by atoms with Crippen LogP contribution in [0.5, 0.6) is 11.5 Å². The highest BCUT2D eigenvalue weighted by Gasteiger charge is 2.41. The van der Waals surface area contributed by atoms with Crippen LogP contribution in [0.15, 0.2) is 53.6 Å². The number of methoxy groups -OCH3 is 2. The quantitative estimate of drug-likeness (QED) is 0.781. The second-order valence-corrected chi connectivity index (χ2v) is 7.43. The van der Waals surface area contributed by atoms with Gasteiger partial charge in [-0.2, -0.15) is 5.10 Å². The summed E-state index contributed by atoms with van der Waals surface area (Å²) in [6, 6.07) is 15.9. The Morgan fingerprint density at radius 1 is 0.964 bits per heavy atom. The zero-order valence-corrected chi connectivity index (χ0v) is 16.4. The highest BCUT2D eigenvalue weighted by Crippen LogP contribution is 2.39. The van der Waals surface area contributed by atoms with E-state index in [9.17, 15) is 4.79 Å². The van der Waals surface area contributed by atoms with Crippen molar-refractivity contribution < 1.29 is 14.3 Å². The van der Waals surface area contributed by atoms with Crippen LogP contribution in [-0.4, -0.2) is 30.8 Å². The summed E-state index contributed by atoms with van der Waals surface area (Å²) in [4.78, 5) is 13.1. The summed E-state index contributed by atoms with van der Waals surface area (Å²) in [7, 11) is 3.27. The Bertz CT molecular complexity index is 879. The fourth-order valence-corrected chi connectivity index (χ4v) is 4.34. The lowest BCUT2D eigenvalue weighted by atomic mass is 9.73.